The van der Waals surface area contributed by atoms with Crippen LogP contribution >= 0.6 is 0 Å². The lowest BCUT2D eigenvalue weighted by molar-refractivity contribution is 0.243. The van der Waals surface area contributed by atoms with Gasteiger partial charge in [0.25, 0.3) is 0 Å². The van der Waals surface area contributed by atoms with E-state index in [2.05, 4.69) is 30.0 Å². The third-order valence-corrected chi connectivity index (χ3v) is 6.94. The Kier molecular flexibility index (Phi) is 3.67. The van der Waals surface area contributed by atoms with Crippen molar-refractivity contribution in [2.24, 2.45) is 5.41 Å². The zero-order chi connectivity index (χ0) is 20.4. The maximum Gasteiger partial charge on any atom is 0.135 e. The second-order valence-electron chi connectivity index (χ2n) is 8.40. The smallest absolute Gasteiger partial charge is 0.135 e. The summed E-state index contributed by atoms with van der Waals surface area (Å²) >= 11 is 0. The van der Waals surface area contributed by atoms with E-state index >= 15 is 0 Å². The molecule has 29 heavy (non-hydrogen) atoms. The van der Waals surface area contributed by atoms with E-state index in [-0.39, 0.29) is 22.6 Å². The van der Waals surface area contributed by atoms with Gasteiger partial charge in [-0.2, -0.15) is 5.10 Å². The summed E-state index contributed by atoms with van der Waals surface area (Å²) in [4.78, 5) is 4.72. The highest BCUT2D eigenvalue weighted by Crippen LogP contribution is 2.69. The fourth-order valence-corrected chi connectivity index (χ4v) is 5.51. The Morgan fingerprint density at radius 1 is 1.07 bits per heavy atom. The van der Waals surface area contributed by atoms with Gasteiger partial charge in [0.1, 0.15) is 17.3 Å². The second kappa shape index (κ2) is 5.93. The van der Waals surface area contributed by atoms with E-state index in [1.807, 2.05) is 24.3 Å². The molecule has 3 nitrogen and oxygen atoms in total. The van der Waals surface area contributed by atoms with E-state index < -0.39 is 17.0 Å². The molecule has 2 aromatic heterocycles. The molecule has 0 spiro atoms. The summed E-state index contributed by atoms with van der Waals surface area (Å²) in [7, 11) is 0. The third-order valence-electron chi connectivity index (χ3n) is 6.94. The first-order chi connectivity index (χ1) is 13.9. The standard InChI is InChI=1S/C24H19F2N3/c1-4-14-7-5-10-20(27-14)24-12-11-16(23(24,2)3)15-13-19(28-29-22(15)24)21-17(25)8-6-9-18(21)26/h1,5-10,13,16H,11-12H2,2-3H3/t16-,24+/m0/s1. The molecular formula is C24H19F2N3. The summed E-state index contributed by atoms with van der Waals surface area (Å²) in [6.07, 6.45) is 7.42. The second-order valence-corrected chi connectivity index (χ2v) is 8.40. The number of hydrogen-bond donors (Lipinski definition) is 0. The highest BCUT2D eigenvalue weighted by Gasteiger charge is 2.65. The normalized spacial score (nSPS) is 23.6. The Hall–Kier alpha value is -3.13. The van der Waals surface area contributed by atoms with E-state index in [0.29, 0.717) is 5.69 Å². The summed E-state index contributed by atoms with van der Waals surface area (Å²) in [6, 6.07) is 11.4. The predicted molar refractivity (Wildman–Crippen MR) is 106 cm³/mol. The average Bonchev–Trinajstić information content (AvgIpc) is 3.09. The highest BCUT2D eigenvalue weighted by molar-refractivity contribution is 5.64. The fourth-order valence-electron chi connectivity index (χ4n) is 5.51. The van der Waals surface area contributed by atoms with Crippen molar-refractivity contribution in [3.05, 3.63) is 76.7 Å². The minimum atomic E-state index is -0.639. The molecule has 0 amide bonds. The highest BCUT2D eigenvalue weighted by atomic mass is 19.1. The predicted octanol–water partition coefficient (Wildman–Crippen LogP) is 5.00. The number of fused-ring (bicyclic) bond motifs is 5. The Balaban J connectivity index is 1.74. The van der Waals surface area contributed by atoms with Crippen LogP contribution in [0.1, 0.15) is 55.3 Å². The molecule has 2 aliphatic carbocycles. The molecule has 0 unspecified atom stereocenters. The van der Waals surface area contributed by atoms with Crippen LogP contribution in [0.2, 0.25) is 0 Å². The summed E-state index contributed by atoms with van der Waals surface area (Å²) < 4.78 is 28.6. The number of aromatic nitrogens is 3. The molecule has 2 heterocycles. The maximum absolute atomic E-state index is 14.3. The number of hydrogen-bond acceptors (Lipinski definition) is 3. The molecule has 1 aromatic carbocycles. The van der Waals surface area contributed by atoms with Gasteiger partial charge in [0.15, 0.2) is 0 Å². The number of pyridine rings is 1. The van der Waals surface area contributed by atoms with E-state index in [9.17, 15) is 8.78 Å². The summed E-state index contributed by atoms with van der Waals surface area (Å²) in [5.41, 5.74) is 2.83. The molecule has 1 fully saturated rings. The van der Waals surface area contributed by atoms with Crippen LogP contribution < -0.4 is 0 Å². The largest absolute Gasteiger partial charge is 0.243 e. The molecule has 2 aliphatic rings. The van der Waals surface area contributed by atoms with E-state index in [1.54, 1.807) is 0 Å². The van der Waals surface area contributed by atoms with Crippen LogP contribution in [-0.4, -0.2) is 15.2 Å². The first kappa shape index (κ1) is 17.9. The first-order valence-electron chi connectivity index (χ1n) is 9.67. The lowest BCUT2D eigenvalue weighted by Crippen LogP contribution is -2.37. The molecular weight excluding hydrogens is 368 g/mol. The van der Waals surface area contributed by atoms with Crippen LogP contribution in [-0.2, 0) is 5.41 Å². The Morgan fingerprint density at radius 2 is 1.79 bits per heavy atom. The van der Waals surface area contributed by atoms with Crippen LogP contribution in [0.3, 0.4) is 0 Å². The number of terminal acetylenes is 1. The SMILES string of the molecule is C#Cc1cccc([C@]23CC[C@@H](c4cc(-c5c(F)cccc5F)nnc42)C3(C)C)n1. The molecule has 0 aliphatic heterocycles. The lowest BCUT2D eigenvalue weighted by atomic mass is 9.66. The van der Waals surface area contributed by atoms with E-state index in [1.165, 1.54) is 18.2 Å². The molecule has 0 radical (unpaired) electrons. The zero-order valence-corrected chi connectivity index (χ0v) is 16.2. The molecule has 144 valence electrons. The lowest BCUT2D eigenvalue weighted by Gasteiger charge is -2.37. The molecule has 1 saturated carbocycles. The van der Waals surface area contributed by atoms with Gasteiger partial charge in [0.2, 0.25) is 0 Å². The summed E-state index contributed by atoms with van der Waals surface area (Å²) in [5, 5.41) is 8.77. The molecule has 0 N–H and O–H groups in total. The molecule has 5 heteroatoms. The van der Waals surface area contributed by atoms with Crippen LogP contribution in [0.4, 0.5) is 8.78 Å². The van der Waals surface area contributed by atoms with E-state index in [0.717, 1.165) is 29.8 Å². The number of halogens is 2. The quantitative estimate of drug-likeness (QED) is 0.581. The monoisotopic (exact) mass is 387 g/mol. The Bertz CT molecular complexity index is 1170. The molecule has 5 rings (SSSR count). The van der Waals surface area contributed by atoms with Crippen LogP contribution in [0.25, 0.3) is 11.3 Å². The van der Waals surface area contributed by atoms with Gasteiger partial charge in [-0.1, -0.05) is 31.9 Å². The van der Waals surface area contributed by atoms with Crippen molar-refractivity contribution >= 4 is 0 Å². The third kappa shape index (κ3) is 2.20. The van der Waals surface area contributed by atoms with Crippen molar-refractivity contribution in [1.29, 1.82) is 0 Å². The van der Waals surface area contributed by atoms with Gasteiger partial charge >= 0.3 is 0 Å². The van der Waals surface area contributed by atoms with E-state index in [4.69, 9.17) is 11.4 Å². The molecule has 3 aromatic rings. The minimum Gasteiger partial charge on any atom is -0.243 e. The van der Waals surface area contributed by atoms with Gasteiger partial charge in [0.05, 0.1) is 28.1 Å². The molecule has 0 saturated heterocycles. The molecule has 2 bridgehead atoms. The molecule has 2 atom stereocenters. The van der Waals surface area contributed by atoms with Gasteiger partial charge in [-0.25, -0.2) is 13.8 Å². The average molecular weight is 387 g/mol. The topological polar surface area (TPSA) is 38.7 Å². The van der Waals surface area contributed by atoms with Crippen molar-refractivity contribution < 1.29 is 8.78 Å². The minimum absolute atomic E-state index is 0.134. The number of benzene rings is 1. The Morgan fingerprint density at radius 3 is 2.52 bits per heavy atom. The van der Waals surface area contributed by atoms with Crippen molar-refractivity contribution in [3.63, 3.8) is 0 Å². The van der Waals surface area contributed by atoms with Crippen LogP contribution in [0.5, 0.6) is 0 Å². The van der Waals surface area contributed by atoms with Crippen molar-refractivity contribution in [1.82, 2.24) is 15.2 Å². The summed E-state index contributed by atoms with van der Waals surface area (Å²) in [6.45, 7) is 4.42. The van der Waals surface area contributed by atoms with Crippen molar-refractivity contribution in [2.75, 3.05) is 0 Å². The fraction of sp³-hybridized carbons (Fsp3) is 0.292. The summed E-state index contributed by atoms with van der Waals surface area (Å²) in [5.74, 6) is 1.54. The van der Waals surface area contributed by atoms with Crippen LogP contribution in [0, 0.1) is 29.4 Å². The number of rotatable bonds is 2. The first-order valence-corrected chi connectivity index (χ1v) is 9.67. The van der Waals surface area contributed by atoms with Gasteiger partial charge < -0.3 is 0 Å². The van der Waals surface area contributed by atoms with Gasteiger partial charge in [-0.3, -0.25) is 0 Å². The van der Waals surface area contributed by atoms with Gasteiger partial charge in [-0.15, -0.1) is 11.5 Å². The van der Waals surface area contributed by atoms with Gasteiger partial charge in [-0.05, 0) is 60.1 Å². The van der Waals surface area contributed by atoms with Crippen molar-refractivity contribution in [3.8, 4) is 23.6 Å². The van der Waals surface area contributed by atoms with Crippen LogP contribution in [0.15, 0.2) is 42.5 Å². The van der Waals surface area contributed by atoms with Gasteiger partial charge in [0, 0.05) is 0 Å². The number of nitrogens with zero attached hydrogens (tertiary/aromatic N) is 3. The van der Waals surface area contributed by atoms with Crippen molar-refractivity contribution in [2.45, 2.75) is 38.0 Å². The maximum atomic E-state index is 14.3. The zero-order valence-electron chi connectivity index (χ0n) is 16.2. The Labute approximate surface area is 168 Å².